The lowest BCUT2D eigenvalue weighted by Crippen LogP contribution is -2.36. The van der Waals surface area contributed by atoms with Gasteiger partial charge in [-0.15, -0.1) is 12.3 Å². The van der Waals surface area contributed by atoms with Crippen molar-refractivity contribution in [1.82, 2.24) is 4.90 Å². The number of carbonyl (C=O) groups excluding carboxylic acids is 1. The Morgan fingerprint density at radius 3 is 2.81 bits per heavy atom. The number of methoxy groups -OCH3 is 1. The van der Waals surface area contributed by atoms with Crippen LogP contribution in [0.2, 0.25) is 0 Å². The highest BCUT2D eigenvalue weighted by Gasteiger charge is 2.12. The Labute approximate surface area is 97.6 Å². The van der Waals surface area contributed by atoms with Gasteiger partial charge in [0.2, 0.25) is 5.91 Å². The van der Waals surface area contributed by atoms with Crippen LogP contribution in [0.15, 0.2) is 0 Å². The topological polar surface area (TPSA) is 49.8 Å². The van der Waals surface area contributed by atoms with E-state index in [4.69, 9.17) is 11.2 Å². The molecule has 0 aliphatic carbocycles. The van der Waals surface area contributed by atoms with E-state index in [1.54, 1.807) is 7.05 Å². The van der Waals surface area contributed by atoms with Crippen LogP contribution < -0.4 is 0 Å². The van der Waals surface area contributed by atoms with Crippen molar-refractivity contribution in [2.75, 3.05) is 27.3 Å². The number of aliphatic hydroxyl groups is 1. The molecule has 16 heavy (non-hydrogen) atoms. The summed E-state index contributed by atoms with van der Waals surface area (Å²) >= 11 is 0. The number of ether oxygens (including phenoxy) is 1. The lowest BCUT2D eigenvalue weighted by molar-refractivity contribution is -0.131. The highest BCUT2D eigenvalue weighted by molar-refractivity contribution is 5.75. The zero-order chi connectivity index (χ0) is 12.4. The number of hydrogen-bond acceptors (Lipinski definition) is 3. The molecule has 0 heterocycles. The van der Waals surface area contributed by atoms with E-state index < -0.39 is 6.10 Å². The van der Waals surface area contributed by atoms with Gasteiger partial charge >= 0.3 is 0 Å². The number of rotatable bonds is 8. The molecule has 1 atom stereocenters. The molecule has 0 spiro atoms. The predicted octanol–water partition coefficient (Wildman–Crippen LogP) is 0.646. The van der Waals surface area contributed by atoms with Crippen molar-refractivity contribution in [3.63, 3.8) is 0 Å². The third-order valence-corrected chi connectivity index (χ3v) is 2.23. The maximum absolute atomic E-state index is 11.6. The van der Waals surface area contributed by atoms with E-state index in [-0.39, 0.29) is 12.5 Å². The largest absolute Gasteiger partial charge is 0.389 e. The van der Waals surface area contributed by atoms with E-state index in [1.807, 2.05) is 0 Å². The number of unbranched alkanes of at least 4 members (excludes halogenated alkanes) is 2. The minimum atomic E-state index is -0.621. The maximum Gasteiger partial charge on any atom is 0.222 e. The van der Waals surface area contributed by atoms with E-state index in [2.05, 4.69) is 5.92 Å². The molecule has 1 N–H and O–H groups in total. The van der Waals surface area contributed by atoms with Gasteiger partial charge in [0.05, 0.1) is 12.7 Å². The second-order valence-corrected chi connectivity index (χ2v) is 3.79. The molecule has 0 bridgehead atoms. The van der Waals surface area contributed by atoms with Crippen LogP contribution in [0.5, 0.6) is 0 Å². The molecule has 0 aromatic rings. The Morgan fingerprint density at radius 2 is 2.25 bits per heavy atom. The lowest BCUT2D eigenvalue weighted by atomic mass is 10.2. The summed E-state index contributed by atoms with van der Waals surface area (Å²) < 4.78 is 4.79. The average Bonchev–Trinajstić information content (AvgIpc) is 2.24. The first-order chi connectivity index (χ1) is 7.61. The first kappa shape index (κ1) is 14.9. The predicted molar refractivity (Wildman–Crippen MR) is 62.8 cm³/mol. The van der Waals surface area contributed by atoms with Crippen molar-refractivity contribution >= 4 is 5.91 Å². The first-order valence-electron chi connectivity index (χ1n) is 5.46. The third kappa shape index (κ3) is 7.27. The van der Waals surface area contributed by atoms with Gasteiger partial charge in [-0.1, -0.05) is 0 Å². The van der Waals surface area contributed by atoms with Crippen LogP contribution in [0, 0.1) is 12.3 Å². The maximum atomic E-state index is 11.6. The second-order valence-electron chi connectivity index (χ2n) is 3.79. The quantitative estimate of drug-likeness (QED) is 0.489. The molecule has 0 saturated heterocycles. The number of aliphatic hydroxyl groups excluding tert-OH is 1. The third-order valence-electron chi connectivity index (χ3n) is 2.23. The summed E-state index contributed by atoms with van der Waals surface area (Å²) in [6.45, 7) is 0.552. The molecule has 0 saturated carbocycles. The van der Waals surface area contributed by atoms with Crippen molar-refractivity contribution in [3.8, 4) is 12.3 Å². The molecule has 0 aliphatic heterocycles. The summed E-state index contributed by atoms with van der Waals surface area (Å²) in [5.41, 5.74) is 0. The number of carbonyl (C=O) groups is 1. The summed E-state index contributed by atoms with van der Waals surface area (Å²) in [6.07, 6.45) is 7.36. The van der Waals surface area contributed by atoms with Crippen LogP contribution in [0.3, 0.4) is 0 Å². The average molecular weight is 227 g/mol. The van der Waals surface area contributed by atoms with Crippen LogP contribution in [0.25, 0.3) is 0 Å². The summed E-state index contributed by atoms with van der Waals surface area (Å²) in [7, 11) is 3.20. The van der Waals surface area contributed by atoms with E-state index in [1.165, 1.54) is 12.0 Å². The van der Waals surface area contributed by atoms with E-state index in [0.29, 0.717) is 19.4 Å². The van der Waals surface area contributed by atoms with Crippen LogP contribution in [-0.2, 0) is 9.53 Å². The molecule has 4 nitrogen and oxygen atoms in total. The molecule has 0 radical (unpaired) electrons. The SMILES string of the molecule is C#CCCCCC(=O)N(C)CC(O)COC. The van der Waals surface area contributed by atoms with E-state index in [0.717, 1.165) is 12.8 Å². The Balaban J connectivity index is 3.69. The first-order valence-corrected chi connectivity index (χ1v) is 5.46. The molecule has 1 amide bonds. The van der Waals surface area contributed by atoms with Gasteiger partial charge in [0.15, 0.2) is 0 Å². The van der Waals surface area contributed by atoms with Crippen LogP contribution in [-0.4, -0.2) is 49.3 Å². The molecular formula is C12H21NO3. The van der Waals surface area contributed by atoms with Gasteiger partial charge in [-0.2, -0.15) is 0 Å². The number of nitrogens with zero attached hydrogens (tertiary/aromatic N) is 1. The summed E-state index contributed by atoms with van der Waals surface area (Å²) in [5.74, 6) is 2.57. The fourth-order valence-electron chi connectivity index (χ4n) is 1.36. The van der Waals surface area contributed by atoms with Crippen molar-refractivity contribution in [3.05, 3.63) is 0 Å². The minimum Gasteiger partial charge on any atom is -0.389 e. The zero-order valence-corrected chi connectivity index (χ0v) is 10.1. The fourth-order valence-corrected chi connectivity index (χ4v) is 1.36. The zero-order valence-electron chi connectivity index (χ0n) is 10.1. The molecule has 0 aromatic heterocycles. The van der Waals surface area contributed by atoms with Crippen molar-refractivity contribution in [2.24, 2.45) is 0 Å². The number of amides is 1. The monoisotopic (exact) mass is 227 g/mol. The summed E-state index contributed by atoms with van der Waals surface area (Å²) in [4.78, 5) is 13.1. The molecule has 4 heteroatoms. The Hall–Kier alpha value is -1.05. The van der Waals surface area contributed by atoms with Crippen LogP contribution in [0.4, 0.5) is 0 Å². The van der Waals surface area contributed by atoms with Gasteiger partial charge in [0.1, 0.15) is 0 Å². The van der Waals surface area contributed by atoms with Gasteiger partial charge < -0.3 is 14.7 Å². The highest BCUT2D eigenvalue weighted by Crippen LogP contribution is 2.02. The van der Waals surface area contributed by atoms with Crippen LogP contribution in [0.1, 0.15) is 25.7 Å². The van der Waals surface area contributed by atoms with Gasteiger partial charge in [-0.05, 0) is 12.8 Å². The van der Waals surface area contributed by atoms with E-state index in [9.17, 15) is 9.90 Å². The molecule has 92 valence electrons. The number of terminal acetylenes is 1. The summed E-state index contributed by atoms with van der Waals surface area (Å²) in [5, 5.41) is 9.43. The lowest BCUT2D eigenvalue weighted by Gasteiger charge is -2.20. The Morgan fingerprint density at radius 1 is 1.56 bits per heavy atom. The van der Waals surface area contributed by atoms with E-state index >= 15 is 0 Å². The van der Waals surface area contributed by atoms with Gasteiger partial charge in [0, 0.05) is 33.5 Å². The smallest absolute Gasteiger partial charge is 0.222 e. The van der Waals surface area contributed by atoms with Gasteiger partial charge in [0.25, 0.3) is 0 Å². The fraction of sp³-hybridized carbons (Fsp3) is 0.750. The molecule has 0 fully saturated rings. The Kier molecular flexibility index (Phi) is 8.59. The van der Waals surface area contributed by atoms with Crippen molar-refractivity contribution in [1.29, 1.82) is 0 Å². The molecular weight excluding hydrogens is 206 g/mol. The normalized spacial score (nSPS) is 11.9. The minimum absolute atomic E-state index is 0.0344. The molecule has 0 aliphatic rings. The Bertz CT molecular complexity index is 235. The highest BCUT2D eigenvalue weighted by atomic mass is 16.5. The van der Waals surface area contributed by atoms with Gasteiger partial charge in [-0.25, -0.2) is 0 Å². The van der Waals surface area contributed by atoms with Crippen molar-refractivity contribution < 1.29 is 14.6 Å². The number of hydrogen-bond donors (Lipinski definition) is 1. The second kappa shape index (κ2) is 9.20. The standard InChI is InChI=1S/C12H21NO3/c1-4-5-6-7-8-12(15)13(2)9-11(14)10-16-3/h1,11,14H,5-10H2,2-3H3. The van der Waals surface area contributed by atoms with Crippen molar-refractivity contribution in [2.45, 2.75) is 31.8 Å². The molecule has 0 rings (SSSR count). The molecule has 0 aromatic carbocycles. The number of likely N-dealkylation sites (N-methyl/N-ethyl adjacent to an activating group) is 1. The van der Waals surface area contributed by atoms with Crippen LogP contribution >= 0.6 is 0 Å². The molecule has 1 unspecified atom stereocenters. The van der Waals surface area contributed by atoms with Gasteiger partial charge in [-0.3, -0.25) is 4.79 Å². The summed E-state index contributed by atoms with van der Waals surface area (Å²) in [6, 6.07) is 0.